The number of nitrogens with zero attached hydrogens (tertiary/aromatic N) is 1. The van der Waals surface area contributed by atoms with E-state index in [1.165, 1.54) is 5.56 Å². The summed E-state index contributed by atoms with van der Waals surface area (Å²) in [5.41, 5.74) is 2.01. The Morgan fingerprint density at radius 2 is 1.87 bits per heavy atom. The van der Waals surface area contributed by atoms with Crippen LogP contribution in [-0.4, -0.2) is 31.0 Å². The molecule has 1 heterocycles. The molecule has 1 aliphatic heterocycles. The topological polar surface area (TPSA) is 29.5 Å². The van der Waals surface area contributed by atoms with Crippen molar-refractivity contribution in [3.8, 4) is 5.75 Å². The number of carbonyl (C=O) groups is 1. The third kappa shape index (κ3) is 3.73. The van der Waals surface area contributed by atoms with Crippen LogP contribution in [0.3, 0.4) is 0 Å². The number of hydrogen-bond acceptors (Lipinski definition) is 2. The summed E-state index contributed by atoms with van der Waals surface area (Å²) < 4.78 is 5.45. The van der Waals surface area contributed by atoms with Gasteiger partial charge in [0.15, 0.2) is 0 Å². The van der Waals surface area contributed by atoms with Crippen LogP contribution in [0, 0.1) is 5.92 Å². The van der Waals surface area contributed by atoms with Gasteiger partial charge in [-0.05, 0) is 48.9 Å². The van der Waals surface area contributed by atoms with Gasteiger partial charge in [0.2, 0.25) is 0 Å². The van der Waals surface area contributed by atoms with Crippen LogP contribution in [-0.2, 0) is 6.42 Å². The van der Waals surface area contributed by atoms with Crippen molar-refractivity contribution in [2.24, 2.45) is 5.92 Å². The van der Waals surface area contributed by atoms with Gasteiger partial charge in [-0.25, -0.2) is 0 Å². The molecule has 0 N–H and O–H groups in total. The monoisotopic (exact) mass is 309 g/mol. The molecule has 1 aliphatic rings. The molecule has 23 heavy (non-hydrogen) atoms. The SMILES string of the molecule is COc1ccccc1CC1CCCN(C(=O)c2ccccc2)C1. The summed E-state index contributed by atoms with van der Waals surface area (Å²) in [6.45, 7) is 1.68. The number of hydrogen-bond donors (Lipinski definition) is 0. The highest BCUT2D eigenvalue weighted by Gasteiger charge is 2.25. The molecule has 0 spiro atoms. The zero-order valence-electron chi connectivity index (χ0n) is 13.6. The Bertz CT molecular complexity index is 654. The molecule has 3 rings (SSSR count). The highest BCUT2D eigenvalue weighted by molar-refractivity contribution is 5.94. The molecular weight excluding hydrogens is 286 g/mol. The fraction of sp³-hybridized carbons (Fsp3) is 0.350. The van der Waals surface area contributed by atoms with Gasteiger partial charge in [-0.3, -0.25) is 4.79 Å². The largest absolute Gasteiger partial charge is 0.496 e. The molecule has 3 nitrogen and oxygen atoms in total. The van der Waals surface area contributed by atoms with Crippen LogP contribution in [0.1, 0.15) is 28.8 Å². The average Bonchev–Trinajstić information content (AvgIpc) is 2.62. The zero-order valence-corrected chi connectivity index (χ0v) is 13.6. The normalized spacial score (nSPS) is 17.8. The lowest BCUT2D eigenvalue weighted by atomic mass is 9.90. The molecule has 0 saturated carbocycles. The molecule has 3 heteroatoms. The standard InChI is InChI=1S/C20H23NO2/c1-23-19-12-6-5-11-18(19)14-16-8-7-13-21(15-16)20(22)17-9-3-2-4-10-17/h2-6,9-12,16H,7-8,13-15H2,1H3. The summed E-state index contributed by atoms with van der Waals surface area (Å²) in [5.74, 6) is 1.59. The maximum atomic E-state index is 12.6. The van der Waals surface area contributed by atoms with Gasteiger partial charge in [-0.1, -0.05) is 36.4 Å². The molecule has 0 aliphatic carbocycles. The van der Waals surface area contributed by atoms with Crippen molar-refractivity contribution < 1.29 is 9.53 Å². The van der Waals surface area contributed by atoms with Gasteiger partial charge >= 0.3 is 0 Å². The maximum Gasteiger partial charge on any atom is 0.253 e. The summed E-state index contributed by atoms with van der Waals surface area (Å²) >= 11 is 0. The van der Waals surface area contributed by atoms with E-state index in [4.69, 9.17) is 4.74 Å². The number of piperidine rings is 1. The van der Waals surface area contributed by atoms with Gasteiger partial charge in [0.25, 0.3) is 5.91 Å². The van der Waals surface area contributed by atoms with Crippen molar-refractivity contribution >= 4 is 5.91 Å². The number of methoxy groups -OCH3 is 1. The van der Waals surface area contributed by atoms with E-state index in [0.29, 0.717) is 5.92 Å². The lowest BCUT2D eigenvalue weighted by Crippen LogP contribution is -2.40. The van der Waals surface area contributed by atoms with Gasteiger partial charge < -0.3 is 9.64 Å². The van der Waals surface area contributed by atoms with Crippen molar-refractivity contribution in [2.45, 2.75) is 19.3 Å². The Balaban J connectivity index is 1.68. The molecule has 1 saturated heterocycles. The molecule has 1 fully saturated rings. The van der Waals surface area contributed by atoms with E-state index in [0.717, 1.165) is 43.7 Å². The highest BCUT2D eigenvalue weighted by atomic mass is 16.5. The summed E-state index contributed by atoms with van der Waals surface area (Å²) in [5, 5.41) is 0. The summed E-state index contributed by atoms with van der Waals surface area (Å²) in [6, 6.07) is 17.7. The van der Waals surface area contributed by atoms with Crippen LogP contribution in [0.5, 0.6) is 5.75 Å². The molecule has 2 aromatic carbocycles. The average molecular weight is 309 g/mol. The van der Waals surface area contributed by atoms with E-state index in [1.807, 2.05) is 53.4 Å². The first kappa shape index (κ1) is 15.6. The number of para-hydroxylation sites is 1. The number of benzene rings is 2. The predicted octanol–water partition coefficient (Wildman–Crippen LogP) is 3.79. The second-order valence-electron chi connectivity index (χ2n) is 6.14. The van der Waals surface area contributed by atoms with Gasteiger partial charge in [-0.2, -0.15) is 0 Å². The summed E-state index contributed by atoms with van der Waals surface area (Å²) in [6.07, 6.45) is 3.19. The van der Waals surface area contributed by atoms with Crippen molar-refractivity contribution in [3.63, 3.8) is 0 Å². The second-order valence-corrected chi connectivity index (χ2v) is 6.14. The first-order valence-electron chi connectivity index (χ1n) is 8.24. The molecule has 1 atom stereocenters. The maximum absolute atomic E-state index is 12.6. The van der Waals surface area contributed by atoms with E-state index in [2.05, 4.69) is 6.07 Å². The van der Waals surface area contributed by atoms with Gasteiger partial charge in [0.1, 0.15) is 5.75 Å². The number of carbonyl (C=O) groups excluding carboxylic acids is 1. The number of amides is 1. The molecule has 1 amide bonds. The third-order valence-corrected chi connectivity index (χ3v) is 4.53. The number of likely N-dealkylation sites (tertiary alicyclic amines) is 1. The lowest BCUT2D eigenvalue weighted by Gasteiger charge is -2.33. The molecular formula is C20H23NO2. The second kappa shape index (κ2) is 7.32. The fourth-order valence-corrected chi connectivity index (χ4v) is 3.36. The predicted molar refractivity (Wildman–Crippen MR) is 91.8 cm³/mol. The van der Waals surface area contributed by atoms with E-state index in [-0.39, 0.29) is 5.91 Å². The Morgan fingerprint density at radius 3 is 2.65 bits per heavy atom. The van der Waals surface area contributed by atoms with E-state index < -0.39 is 0 Å². The number of rotatable bonds is 4. The highest BCUT2D eigenvalue weighted by Crippen LogP contribution is 2.26. The third-order valence-electron chi connectivity index (χ3n) is 4.53. The Labute approximate surface area is 137 Å². The van der Waals surface area contributed by atoms with Gasteiger partial charge in [0, 0.05) is 18.7 Å². The number of ether oxygens (including phenoxy) is 1. The van der Waals surface area contributed by atoms with E-state index in [1.54, 1.807) is 7.11 Å². The molecule has 2 aromatic rings. The van der Waals surface area contributed by atoms with E-state index >= 15 is 0 Å². The van der Waals surface area contributed by atoms with Gasteiger partial charge in [-0.15, -0.1) is 0 Å². The van der Waals surface area contributed by atoms with E-state index in [9.17, 15) is 4.79 Å². The summed E-state index contributed by atoms with van der Waals surface area (Å²) in [7, 11) is 1.71. The van der Waals surface area contributed by atoms with Crippen LogP contribution < -0.4 is 4.74 Å². The summed E-state index contributed by atoms with van der Waals surface area (Å²) in [4.78, 5) is 14.6. The first-order valence-corrected chi connectivity index (χ1v) is 8.24. The molecule has 0 aromatic heterocycles. The first-order chi connectivity index (χ1) is 11.3. The van der Waals surface area contributed by atoms with Crippen LogP contribution >= 0.6 is 0 Å². The zero-order chi connectivity index (χ0) is 16.1. The smallest absolute Gasteiger partial charge is 0.253 e. The van der Waals surface area contributed by atoms with Gasteiger partial charge in [0.05, 0.1) is 7.11 Å². The Morgan fingerprint density at radius 1 is 1.13 bits per heavy atom. The molecule has 0 bridgehead atoms. The van der Waals surface area contributed by atoms with Crippen LogP contribution in [0.25, 0.3) is 0 Å². The van der Waals surface area contributed by atoms with Crippen molar-refractivity contribution in [1.82, 2.24) is 4.90 Å². The lowest BCUT2D eigenvalue weighted by molar-refractivity contribution is 0.0673. The van der Waals surface area contributed by atoms with Crippen molar-refractivity contribution in [3.05, 3.63) is 65.7 Å². The van der Waals surface area contributed by atoms with Crippen molar-refractivity contribution in [2.75, 3.05) is 20.2 Å². The molecule has 1 unspecified atom stereocenters. The van der Waals surface area contributed by atoms with Crippen molar-refractivity contribution in [1.29, 1.82) is 0 Å². The minimum atomic E-state index is 0.148. The van der Waals surface area contributed by atoms with Crippen LogP contribution in [0.15, 0.2) is 54.6 Å². The Hall–Kier alpha value is -2.29. The van der Waals surface area contributed by atoms with Crippen LogP contribution in [0.4, 0.5) is 0 Å². The minimum absolute atomic E-state index is 0.148. The molecule has 0 radical (unpaired) electrons. The van der Waals surface area contributed by atoms with Crippen LogP contribution in [0.2, 0.25) is 0 Å². The molecule has 120 valence electrons. The quantitative estimate of drug-likeness (QED) is 0.860. The fourth-order valence-electron chi connectivity index (χ4n) is 3.36. The minimum Gasteiger partial charge on any atom is -0.496 e. The Kier molecular flexibility index (Phi) is 4.96.